The highest BCUT2D eigenvalue weighted by Crippen LogP contribution is 2.43. The molecule has 0 unspecified atom stereocenters. The average molecular weight is 435 g/mol. The van der Waals surface area contributed by atoms with E-state index in [2.05, 4.69) is 20.7 Å². The van der Waals surface area contributed by atoms with Gasteiger partial charge in [0.2, 0.25) is 11.7 Å². The summed E-state index contributed by atoms with van der Waals surface area (Å²) in [6, 6.07) is 10.7. The highest BCUT2D eigenvalue weighted by atomic mass is 16.5. The maximum Gasteiger partial charge on any atom is 0.255 e. The lowest BCUT2D eigenvalue weighted by atomic mass is 9.94. The fourth-order valence-corrected chi connectivity index (χ4v) is 3.86. The van der Waals surface area contributed by atoms with Crippen molar-refractivity contribution in [3.63, 3.8) is 0 Å². The number of rotatable bonds is 6. The predicted octanol–water partition coefficient (Wildman–Crippen LogP) is 3.54. The number of hydrogen-bond acceptors (Lipinski definition) is 7. The number of carbonyl (C=O) groups is 1. The number of allylic oxidation sites excluding steroid dienone is 1. The first-order chi connectivity index (χ1) is 15.5. The van der Waals surface area contributed by atoms with Crippen LogP contribution in [-0.2, 0) is 4.79 Å². The summed E-state index contributed by atoms with van der Waals surface area (Å²) in [4.78, 5) is 17.8. The summed E-state index contributed by atoms with van der Waals surface area (Å²) in [6.45, 7) is 3.79. The van der Waals surface area contributed by atoms with E-state index in [0.29, 0.717) is 34.5 Å². The molecule has 32 heavy (non-hydrogen) atoms. The first-order valence-corrected chi connectivity index (χ1v) is 10.0. The minimum atomic E-state index is -0.563. The molecule has 1 amide bonds. The Kier molecular flexibility index (Phi) is 5.72. The van der Waals surface area contributed by atoms with Crippen LogP contribution in [0.5, 0.6) is 17.2 Å². The lowest BCUT2D eigenvalue weighted by molar-refractivity contribution is -0.113. The number of fused-ring (bicyclic) bond motifs is 1. The molecule has 4 rings (SSSR count). The van der Waals surface area contributed by atoms with Crippen molar-refractivity contribution >= 4 is 17.5 Å². The molecule has 0 radical (unpaired) electrons. The maximum absolute atomic E-state index is 13.5. The van der Waals surface area contributed by atoms with Gasteiger partial charge < -0.3 is 24.8 Å². The number of hydrogen-bond donors (Lipinski definition) is 2. The Morgan fingerprint density at radius 3 is 2.38 bits per heavy atom. The Balaban J connectivity index is 1.85. The number of para-hydroxylation sites is 1. The number of aromatic nitrogens is 3. The minimum absolute atomic E-state index is 0.246. The van der Waals surface area contributed by atoms with Crippen LogP contribution in [0.1, 0.15) is 24.1 Å². The molecule has 9 nitrogen and oxygen atoms in total. The van der Waals surface area contributed by atoms with Crippen LogP contribution in [-0.4, -0.2) is 42.0 Å². The van der Waals surface area contributed by atoms with E-state index in [0.717, 1.165) is 16.8 Å². The van der Waals surface area contributed by atoms with Gasteiger partial charge in [0.15, 0.2) is 11.5 Å². The van der Waals surface area contributed by atoms with Crippen LogP contribution in [0.2, 0.25) is 0 Å². The van der Waals surface area contributed by atoms with Crippen molar-refractivity contribution in [2.75, 3.05) is 32.0 Å². The van der Waals surface area contributed by atoms with E-state index in [4.69, 9.17) is 14.2 Å². The van der Waals surface area contributed by atoms with Gasteiger partial charge in [-0.1, -0.05) is 18.2 Å². The number of nitrogens with one attached hydrogen (secondary N) is 2. The largest absolute Gasteiger partial charge is 0.493 e. The summed E-state index contributed by atoms with van der Waals surface area (Å²) in [5.74, 6) is 1.73. The maximum atomic E-state index is 13.5. The van der Waals surface area contributed by atoms with Crippen molar-refractivity contribution in [2.24, 2.45) is 0 Å². The van der Waals surface area contributed by atoms with Crippen molar-refractivity contribution in [3.05, 3.63) is 65.1 Å². The summed E-state index contributed by atoms with van der Waals surface area (Å²) in [7, 11) is 4.65. The van der Waals surface area contributed by atoms with Crippen molar-refractivity contribution in [3.8, 4) is 17.2 Å². The van der Waals surface area contributed by atoms with E-state index in [9.17, 15) is 4.79 Å². The molecule has 3 aromatic rings. The number of aryl methyl sites for hydroxylation is 1. The Bertz CT molecular complexity index is 1180. The third-order valence-corrected chi connectivity index (χ3v) is 5.44. The van der Waals surface area contributed by atoms with E-state index in [1.807, 2.05) is 50.2 Å². The Morgan fingerprint density at radius 1 is 1.06 bits per heavy atom. The summed E-state index contributed by atoms with van der Waals surface area (Å²) in [5, 5.41) is 10.6. The normalized spacial score (nSPS) is 15.0. The van der Waals surface area contributed by atoms with Crippen molar-refractivity contribution in [1.82, 2.24) is 14.8 Å². The molecule has 0 spiro atoms. The third-order valence-electron chi connectivity index (χ3n) is 5.44. The zero-order valence-electron chi connectivity index (χ0n) is 18.6. The lowest BCUT2D eigenvalue weighted by Crippen LogP contribution is -2.31. The van der Waals surface area contributed by atoms with Gasteiger partial charge in [0.1, 0.15) is 12.4 Å². The summed E-state index contributed by atoms with van der Waals surface area (Å²) >= 11 is 0. The van der Waals surface area contributed by atoms with Crippen LogP contribution in [0.3, 0.4) is 0 Å². The van der Waals surface area contributed by atoms with Gasteiger partial charge in [-0.05, 0) is 43.2 Å². The highest BCUT2D eigenvalue weighted by molar-refractivity contribution is 6.06. The number of nitrogens with zero attached hydrogens (tertiary/aromatic N) is 3. The van der Waals surface area contributed by atoms with Gasteiger partial charge in [-0.25, -0.2) is 4.68 Å². The molecule has 0 saturated carbocycles. The Morgan fingerprint density at radius 2 is 1.75 bits per heavy atom. The molecular formula is C23H25N5O4. The van der Waals surface area contributed by atoms with Gasteiger partial charge >= 0.3 is 0 Å². The molecular weight excluding hydrogens is 410 g/mol. The minimum Gasteiger partial charge on any atom is -0.493 e. The van der Waals surface area contributed by atoms with Crippen LogP contribution in [0, 0.1) is 6.92 Å². The second-order valence-electron chi connectivity index (χ2n) is 7.32. The van der Waals surface area contributed by atoms with E-state index in [-0.39, 0.29) is 5.91 Å². The fraction of sp³-hybridized carbons (Fsp3) is 0.261. The summed E-state index contributed by atoms with van der Waals surface area (Å²) in [5.41, 5.74) is 3.62. The quantitative estimate of drug-likeness (QED) is 0.611. The molecule has 2 heterocycles. The van der Waals surface area contributed by atoms with Gasteiger partial charge in [-0.15, -0.1) is 0 Å². The number of benzene rings is 2. The topological polar surface area (TPSA) is 99.5 Å². The molecule has 0 bridgehead atoms. The third kappa shape index (κ3) is 3.62. The van der Waals surface area contributed by atoms with E-state index >= 15 is 0 Å². The molecule has 1 atom stereocenters. The molecule has 2 N–H and O–H groups in total. The van der Waals surface area contributed by atoms with E-state index in [1.165, 1.54) is 6.33 Å². The summed E-state index contributed by atoms with van der Waals surface area (Å²) < 4.78 is 18.2. The smallest absolute Gasteiger partial charge is 0.255 e. The molecule has 0 aliphatic carbocycles. The van der Waals surface area contributed by atoms with Gasteiger partial charge in [0.05, 0.1) is 26.9 Å². The van der Waals surface area contributed by atoms with Gasteiger partial charge in [-0.2, -0.15) is 10.1 Å². The zero-order valence-corrected chi connectivity index (χ0v) is 18.6. The van der Waals surface area contributed by atoms with Crippen molar-refractivity contribution < 1.29 is 19.0 Å². The SMILES string of the molecule is COc1cc([C@@H]2C(C(=O)Nc3ccccc3C)=C(C)Nc3ncnn32)cc(OC)c1OC. The molecule has 1 aliphatic heterocycles. The van der Waals surface area contributed by atoms with Crippen LogP contribution < -0.4 is 24.8 Å². The lowest BCUT2D eigenvalue weighted by Gasteiger charge is -2.29. The van der Waals surface area contributed by atoms with Crippen LogP contribution in [0.25, 0.3) is 0 Å². The number of methoxy groups -OCH3 is 3. The van der Waals surface area contributed by atoms with E-state index in [1.54, 1.807) is 26.0 Å². The molecule has 9 heteroatoms. The fourth-order valence-electron chi connectivity index (χ4n) is 3.86. The summed E-state index contributed by atoms with van der Waals surface area (Å²) in [6.07, 6.45) is 1.45. The van der Waals surface area contributed by atoms with E-state index < -0.39 is 6.04 Å². The number of ether oxygens (including phenoxy) is 3. The average Bonchev–Trinajstić information content (AvgIpc) is 3.26. The number of carbonyl (C=O) groups excluding carboxylic acids is 1. The van der Waals surface area contributed by atoms with Gasteiger partial charge in [-0.3, -0.25) is 4.79 Å². The molecule has 1 aromatic heterocycles. The molecule has 0 saturated heterocycles. The Hall–Kier alpha value is -4.01. The van der Waals surface area contributed by atoms with Crippen LogP contribution >= 0.6 is 0 Å². The standard InChI is InChI=1S/C23H25N5O4/c1-13-8-6-7-9-16(13)27-22(29)19-14(2)26-23-24-12-25-28(23)20(19)15-10-17(30-3)21(32-5)18(11-15)31-4/h6-12,20H,1-5H3,(H,27,29)(H,24,25,26)/t20-/m1/s1. The first-order valence-electron chi connectivity index (χ1n) is 10.0. The first kappa shape index (κ1) is 21.2. The molecule has 1 aliphatic rings. The van der Waals surface area contributed by atoms with Crippen molar-refractivity contribution in [2.45, 2.75) is 19.9 Å². The van der Waals surface area contributed by atoms with Gasteiger partial charge in [0, 0.05) is 11.4 Å². The zero-order chi connectivity index (χ0) is 22.8. The second-order valence-corrected chi connectivity index (χ2v) is 7.32. The van der Waals surface area contributed by atoms with Crippen LogP contribution in [0.15, 0.2) is 54.0 Å². The molecule has 0 fully saturated rings. The monoisotopic (exact) mass is 435 g/mol. The number of anilines is 2. The predicted molar refractivity (Wildman–Crippen MR) is 120 cm³/mol. The van der Waals surface area contributed by atoms with Crippen LogP contribution in [0.4, 0.5) is 11.6 Å². The molecule has 2 aromatic carbocycles. The Labute approximate surface area is 186 Å². The van der Waals surface area contributed by atoms with Gasteiger partial charge in [0.25, 0.3) is 5.91 Å². The van der Waals surface area contributed by atoms with Crippen molar-refractivity contribution in [1.29, 1.82) is 0 Å². The second kappa shape index (κ2) is 8.62. The number of amides is 1. The highest BCUT2D eigenvalue weighted by Gasteiger charge is 2.35. The molecule has 166 valence electrons.